The molecule has 3 aromatic rings. The highest BCUT2D eigenvalue weighted by Crippen LogP contribution is 2.21. The molecule has 0 spiro atoms. The molecule has 7 nitrogen and oxygen atoms in total. The van der Waals surface area contributed by atoms with Crippen LogP contribution in [0.25, 0.3) is 10.8 Å². The number of hydrogen-bond donors (Lipinski definition) is 2. The molecule has 2 amide bonds. The number of hydrogen-bond acceptors (Lipinski definition) is 4. The van der Waals surface area contributed by atoms with E-state index in [1.54, 1.807) is 4.90 Å². The van der Waals surface area contributed by atoms with Crippen LogP contribution in [0.2, 0.25) is 0 Å². The number of nitrogens with one attached hydrogen (secondary N) is 1. The highest BCUT2D eigenvalue weighted by atomic mass is 16.7. The highest BCUT2D eigenvalue weighted by molar-refractivity contribution is 5.89. The van der Waals surface area contributed by atoms with Gasteiger partial charge in [0.1, 0.15) is 6.04 Å². The molecule has 7 heteroatoms. The molecule has 0 radical (unpaired) electrons. The summed E-state index contributed by atoms with van der Waals surface area (Å²) in [5, 5.41) is 14.1. The van der Waals surface area contributed by atoms with E-state index < -0.39 is 18.4 Å². The number of benzene rings is 3. The number of amides is 2. The Kier molecular flexibility index (Phi) is 10.7. The lowest BCUT2D eigenvalue weighted by Crippen LogP contribution is -2.52. The van der Waals surface area contributed by atoms with Crippen LogP contribution in [-0.2, 0) is 27.1 Å². The van der Waals surface area contributed by atoms with Crippen LogP contribution in [0.1, 0.15) is 31.4 Å². The number of carbonyl (C=O) groups is 2. The van der Waals surface area contributed by atoms with Gasteiger partial charge in [-0.15, -0.1) is 0 Å². The minimum Gasteiger partial charge on any atom is -0.465 e. The molecule has 3 rings (SSSR count). The van der Waals surface area contributed by atoms with Crippen molar-refractivity contribution < 1.29 is 24.2 Å². The van der Waals surface area contributed by atoms with Crippen LogP contribution in [0.4, 0.5) is 4.79 Å². The van der Waals surface area contributed by atoms with E-state index in [1.807, 2.05) is 74.5 Å². The number of rotatable bonds is 14. The van der Waals surface area contributed by atoms with Crippen molar-refractivity contribution in [2.75, 3.05) is 26.3 Å². The van der Waals surface area contributed by atoms with Gasteiger partial charge in [0.05, 0.1) is 6.54 Å². The van der Waals surface area contributed by atoms with Gasteiger partial charge in [0.15, 0.2) is 6.29 Å². The summed E-state index contributed by atoms with van der Waals surface area (Å²) in [4.78, 5) is 27.2. The third-order valence-electron chi connectivity index (χ3n) is 6.02. The lowest BCUT2D eigenvalue weighted by molar-refractivity contribution is -0.160. The Bertz CT molecular complexity index is 1090. The molecular formula is C29H36N2O5. The smallest absolute Gasteiger partial charge is 0.405 e. The van der Waals surface area contributed by atoms with E-state index in [0.29, 0.717) is 19.8 Å². The Labute approximate surface area is 213 Å². The van der Waals surface area contributed by atoms with Gasteiger partial charge in [-0.25, -0.2) is 4.79 Å². The second kappa shape index (κ2) is 14.2. The molecule has 0 saturated carbocycles. The highest BCUT2D eigenvalue weighted by Gasteiger charge is 2.28. The summed E-state index contributed by atoms with van der Waals surface area (Å²) in [6.07, 6.45) is -0.0313. The second-order valence-corrected chi connectivity index (χ2v) is 8.56. The van der Waals surface area contributed by atoms with Crippen molar-refractivity contribution >= 4 is 22.8 Å². The first-order valence-electron chi connectivity index (χ1n) is 12.5. The van der Waals surface area contributed by atoms with E-state index in [-0.39, 0.29) is 18.9 Å². The van der Waals surface area contributed by atoms with Crippen molar-refractivity contribution in [3.8, 4) is 0 Å². The molecule has 1 unspecified atom stereocenters. The Balaban J connectivity index is 1.83. The molecule has 2 N–H and O–H groups in total. The van der Waals surface area contributed by atoms with Gasteiger partial charge in [-0.1, -0.05) is 72.8 Å². The number of carbonyl (C=O) groups excluding carboxylic acids is 1. The fourth-order valence-corrected chi connectivity index (χ4v) is 4.38. The second-order valence-electron chi connectivity index (χ2n) is 8.56. The van der Waals surface area contributed by atoms with Crippen molar-refractivity contribution in [2.45, 2.75) is 45.4 Å². The van der Waals surface area contributed by atoms with Gasteiger partial charge < -0.3 is 24.8 Å². The van der Waals surface area contributed by atoms with Crippen molar-refractivity contribution in [1.82, 2.24) is 10.2 Å². The lowest BCUT2D eigenvalue weighted by atomic mass is 9.98. The Hall–Kier alpha value is -3.42. The minimum absolute atomic E-state index is 0.225. The molecule has 192 valence electrons. The van der Waals surface area contributed by atoms with E-state index >= 15 is 0 Å². The summed E-state index contributed by atoms with van der Waals surface area (Å²) in [5.74, 6) is -0.289. The molecule has 0 fully saturated rings. The van der Waals surface area contributed by atoms with Crippen molar-refractivity contribution in [3.05, 3.63) is 83.9 Å². The molecule has 0 bridgehead atoms. The molecule has 0 heterocycles. The van der Waals surface area contributed by atoms with Crippen LogP contribution in [-0.4, -0.2) is 60.6 Å². The van der Waals surface area contributed by atoms with Gasteiger partial charge in [0.2, 0.25) is 5.91 Å². The average Bonchev–Trinajstić information content (AvgIpc) is 2.88. The Morgan fingerprint density at radius 1 is 0.917 bits per heavy atom. The maximum Gasteiger partial charge on any atom is 0.405 e. The van der Waals surface area contributed by atoms with Gasteiger partial charge in [-0.2, -0.15) is 0 Å². The van der Waals surface area contributed by atoms with E-state index in [9.17, 15) is 14.7 Å². The van der Waals surface area contributed by atoms with E-state index in [1.165, 1.54) is 5.56 Å². The predicted molar refractivity (Wildman–Crippen MR) is 141 cm³/mol. The summed E-state index contributed by atoms with van der Waals surface area (Å²) in [7, 11) is 0. The zero-order chi connectivity index (χ0) is 25.8. The van der Waals surface area contributed by atoms with Crippen LogP contribution >= 0.6 is 0 Å². The Morgan fingerprint density at radius 3 is 2.28 bits per heavy atom. The van der Waals surface area contributed by atoms with Gasteiger partial charge in [-0.05, 0) is 48.6 Å². The van der Waals surface area contributed by atoms with Crippen LogP contribution in [0.3, 0.4) is 0 Å². The number of ether oxygens (including phenoxy) is 2. The quantitative estimate of drug-likeness (QED) is 0.313. The van der Waals surface area contributed by atoms with Crippen molar-refractivity contribution in [2.24, 2.45) is 0 Å². The van der Waals surface area contributed by atoms with Crippen LogP contribution in [0.5, 0.6) is 0 Å². The third-order valence-corrected chi connectivity index (χ3v) is 6.02. The molecule has 0 aliphatic carbocycles. The maximum atomic E-state index is 13.8. The molecule has 0 aliphatic rings. The summed E-state index contributed by atoms with van der Waals surface area (Å²) < 4.78 is 11.4. The number of carboxylic acid groups (broad SMARTS) is 1. The van der Waals surface area contributed by atoms with Gasteiger partial charge in [-0.3, -0.25) is 4.79 Å². The van der Waals surface area contributed by atoms with Gasteiger partial charge in [0, 0.05) is 26.2 Å². The van der Waals surface area contributed by atoms with Gasteiger partial charge >= 0.3 is 6.09 Å². The predicted octanol–water partition coefficient (Wildman–Crippen LogP) is 4.88. The monoisotopic (exact) mass is 492 g/mol. The zero-order valence-electron chi connectivity index (χ0n) is 21.1. The van der Waals surface area contributed by atoms with Gasteiger partial charge in [0.25, 0.3) is 0 Å². The lowest BCUT2D eigenvalue weighted by Gasteiger charge is -2.31. The minimum atomic E-state index is -1.23. The van der Waals surface area contributed by atoms with Crippen LogP contribution < -0.4 is 5.32 Å². The first-order valence-corrected chi connectivity index (χ1v) is 12.5. The zero-order valence-corrected chi connectivity index (χ0v) is 21.1. The van der Waals surface area contributed by atoms with Crippen molar-refractivity contribution in [1.29, 1.82) is 0 Å². The first kappa shape index (κ1) is 27.2. The summed E-state index contributed by atoms with van der Waals surface area (Å²) in [6, 6.07) is 22.9. The largest absolute Gasteiger partial charge is 0.465 e. The third kappa shape index (κ3) is 8.07. The summed E-state index contributed by atoms with van der Waals surface area (Å²) in [5.41, 5.74) is 2.10. The molecule has 1 atom stereocenters. The molecule has 0 aromatic heterocycles. The SMILES string of the molecule is CCOC(CN(CCCc1ccccc1)C(=O)C(Cc1cccc2ccccc12)NC(=O)O)OCC. The summed E-state index contributed by atoms with van der Waals surface area (Å²) >= 11 is 0. The van der Waals surface area contributed by atoms with Crippen molar-refractivity contribution in [3.63, 3.8) is 0 Å². The average molecular weight is 493 g/mol. The van der Waals surface area contributed by atoms with Crippen LogP contribution in [0.15, 0.2) is 72.8 Å². The molecule has 3 aromatic carbocycles. The topological polar surface area (TPSA) is 88.1 Å². The number of fused-ring (bicyclic) bond motifs is 1. The number of nitrogens with zero attached hydrogens (tertiary/aromatic N) is 1. The standard InChI is InChI=1S/C29H36N2O5/c1-3-35-27(36-4-2)21-31(19-11-14-22-12-6-5-7-13-22)28(32)26(30-29(33)34)20-24-17-10-16-23-15-8-9-18-25(23)24/h5-10,12-13,15-18,26-27,30H,3-4,11,14,19-21H2,1-2H3,(H,33,34). The van der Waals surface area contributed by atoms with E-state index in [0.717, 1.165) is 29.2 Å². The fourth-order valence-electron chi connectivity index (χ4n) is 4.38. The van der Waals surface area contributed by atoms with Crippen LogP contribution in [0, 0.1) is 0 Å². The molecule has 36 heavy (non-hydrogen) atoms. The Morgan fingerprint density at radius 2 is 1.58 bits per heavy atom. The maximum absolute atomic E-state index is 13.8. The summed E-state index contributed by atoms with van der Waals surface area (Å²) in [6.45, 7) is 5.33. The fraction of sp³-hybridized carbons (Fsp3) is 0.379. The first-order chi connectivity index (χ1) is 17.5. The molecular weight excluding hydrogens is 456 g/mol. The van der Waals surface area contributed by atoms with E-state index in [2.05, 4.69) is 17.4 Å². The van der Waals surface area contributed by atoms with E-state index in [4.69, 9.17) is 9.47 Å². The molecule has 0 aliphatic heterocycles. The molecule has 0 saturated heterocycles. The normalized spacial score (nSPS) is 12.0. The number of aryl methyl sites for hydroxylation is 1.